The standard InChI is InChI=1S/C21H36N2O3/c1-4-26-7-5-6-22-19(24)18(14(2)3)23-20(25)21-11-15-8-16(12-21)10-17(9-15)13-21/h14-18H,4-13H2,1-3H3,(H,22,24)(H,23,25)/t15?,16?,17?,18-,21?/m0/s1. The molecule has 4 fully saturated rings. The molecule has 0 aromatic heterocycles. The molecule has 0 unspecified atom stereocenters. The van der Waals surface area contributed by atoms with Gasteiger partial charge in [0.15, 0.2) is 0 Å². The summed E-state index contributed by atoms with van der Waals surface area (Å²) in [5, 5.41) is 6.11. The van der Waals surface area contributed by atoms with Gasteiger partial charge in [0, 0.05) is 25.2 Å². The number of hydrogen-bond acceptors (Lipinski definition) is 3. The lowest BCUT2D eigenvalue weighted by molar-refractivity contribution is -0.149. The van der Waals surface area contributed by atoms with Gasteiger partial charge in [-0.3, -0.25) is 9.59 Å². The molecule has 0 radical (unpaired) electrons. The quantitative estimate of drug-likeness (QED) is 0.618. The van der Waals surface area contributed by atoms with Gasteiger partial charge in [-0.25, -0.2) is 0 Å². The summed E-state index contributed by atoms with van der Waals surface area (Å²) in [5.74, 6) is 2.36. The first-order chi connectivity index (χ1) is 12.4. The topological polar surface area (TPSA) is 67.4 Å². The lowest BCUT2D eigenvalue weighted by Crippen LogP contribution is -2.58. The Morgan fingerprint density at radius 2 is 1.65 bits per heavy atom. The first-order valence-corrected chi connectivity index (χ1v) is 10.6. The second-order valence-electron chi connectivity index (χ2n) is 9.23. The molecule has 2 N–H and O–H groups in total. The van der Waals surface area contributed by atoms with Crippen molar-refractivity contribution in [3.63, 3.8) is 0 Å². The Kier molecular flexibility index (Phi) is 6.26. The summed E-state index contributed by atoms with van der Waals surface area (Å²) in [6.45, 7) is 7.92. The lowest BCUT2D eigenvalue weighted by Gasteiger charge is -2.55. The van der Waals surface area contributed by atoms with Gasteiger partial charge in [-0.1, -0.05) is 13.8 Å². The van der Waals surface area contributed by atoms with Gasteiger partial charge >= 0.3 is 0 Å². The van der Waals surface area contributed by atoms with Crippen molar-refractivity contribution < 1.29 is 14.3 Å². The van der Waals surface area contributed by atoms with E-state index in [9.17, 15) is 9.59 Å². The molecule has 4 aliphatic rings. The maximum Gasteiger partial charge on any atom is 0.242 e. The van der Waals surface area contributed by atoms with Crippen molar-refractivity contribution >= 4 is 11.8 Å². The molecule has 4 aliphatic carbocycles. The van der Waals surface area contributed by atoms with Crippen LogP contribution >= 0.6 is 0 Å². The Morgan fingerprint density at radius 3 is 2.15 bits per heavy atom. The highest BCUT2D eigenvalue weighted by molar-refractivity contribution is 5.90. The molecule has 0 aromatic rings. The molecule has 4 rings (SSSR count). The predicted octanol–water partition coefficient (Wildman–Crippen LogP) is 2.89. The van der Waals surface area contributed by atoms with E-state index in [0.717, 1.165) is 43.4 Å². The van der Waals surface area contributed by atoms with Gasteiger partial charge in [-0.15, -0.1) is 0 Å². The van der Waals surface area contributed by atoms with E-state index in [1.165, 1.54) is 19.3 Å². The Hall–Kier alpha value is -1.10. The Labute approximate surface area is 158 Å². The van der Waals surface area contributed by atoms with Crippen LogP contribution in [0.15, 0.2) is 0 Å². The van der Waals surface area contributed by atoms with E-state index in [1.807, 2.05) is 20.8 Å². The normalized spacial score (nSPS) is 33.3. The zero-order valence-corrected chi connectivity index (χ0v) is 16.7. The highest BCUT2D eigenvalue weighted by atomic mass is 16.5. The Morgan fingerprint density at radius 1 is 1.08 bits per heavy atom. The van der Waals surface area contributed by atoms with E-state index in [-0.39, 0.29) is 23.1 Å². The Balaban J connectivity index is 1.56. The van der Waals surface area contributed by atoms with Crippen molar-refractivity contribution in [1.82, 2.24) is 10.6 Å². The van der Waals surface area contributed by atoms with Crippen LogP contribution in [-0.2, 0) is 14.3 Å². The summed E-state index contributed by atoms with van der Waals surface area (Å²) in [6.07, 6.45) is 7.86. The van der Waals surface area contributed by atoms with E-state index in [4.69, 9.17) is 4.74 Å². The maximum absolute atomic E-state index is 13.2. The first kappa shape index (κ1) is 19.7. The molecule has 4 saturated carbocycles. The maximum atomic E-state index is 13.2. The van der Waals surface area contributed by atoms with Crippen molar-refractivity contribution in [1.29, 1.82) is 0 Å². The van der Waals surface area contributed by atoms with Gasteiger partial charge in [-0.2, -0.15) is 0 Å². The molecule has 148 valence electrons. The molecule has 0 aromatic carbocycles. The molecule has 0 spiro atoms. The third-order valence-electron chi connectivity index (χ3n) is 6.72. The van der Waals surface area contributed by atoms with Gasteiger partial charge in [0.05, 0.1) is 0 Å². The fraction of sp³-hybridized carbons (Fsp3) is 0.905. The van der Waals surface area contributed by atoms with Crippen LogP contribution in [0.2, 0.25) is 0 Å². The van der Waals surface area contributed by atoms with Crippen LogP contribution in [0.5, 0.6) is 0 Å². The molecule has 1 atom stereocenters. The monoisotopic (exact) mass is 364 g/mol. The number of amides is 2. The number of hydrogen-bond donors (Lipinski definition) is 2. The van der Waals surface area contributed by atoms with E-state index >= 15 is 0 Å². The minimum Gasteiger partial charge on any atom is -0.382 e. The molecule has 0 aliphatic heterocycles. The molecule has 5 nitrogen and oxygen atoms in total. The van der Waals surface area contributed by atoms with Crippen molar-refractivity contribution in [2.24, 2.45) is 29.1 Å². The third-order valence-corrected chi connectivity index (χ3v) is 6.72. The van der Waals surface area contributed by atoms with Crippen LogP contribution in [-0.4, -0.2) is 37.6 Å². The number of carbonyl (C=O) groups excluding carboxylic acids is 2. The second-order valence-corrected chi connectivity index (χ2v) is 9.23. The van der Waals surface area contributed by atoms with Crippen LogP contribution in [0, 0.1) is 29.1 Å². The van der Waals surface area contributed by atoms with E-state index in [1.54, 1.807) is 0 Å². The number of rotatable bonds is 9. The van der Waals surface area contributed by atoms with Crippen molar-refractivity contribution in [2.75, 3.05) is 19.8 Å². The molecule has 0 saturated heterocycles. The third kappa shape index (κ3) is 4.24. The second kappa shape index (κ2) is 8.28. The smallest absolute Gasteiger partial charge is 0.242 e. The van der Waals surface area contributed by atoms with Gasteiger partial charge < -0.3 is 15.4 Å². The molecular formula is C21H36N2O3. The summed E-state index contributed by atoms with van der Waals surface area (Å²) in [7, 11) is 0. The van der Waals surface area contributed by atoms with Gasteiger partial charge in [0.1, 0.15) is 6.04 Å². The summed E-state index contributed by atoms with van der Waals surface area (Å²) >= 11 is 0. The van der Waals surface area contributed by atoms with E-state index in [0.29, 0.717) is 19.8 Å². The minimum atomic E-state index is -0.442. The number of ether oxygens (including phenoxy) is 1. The highest BCUT2D eigenvalue weighted by Gasteiger charge is 2.55. The van der Waals surface area contributed by atoms with E-state index < -0.39 is 6.04 Å². The van der Waals surface area contributed by atoms with Crippen LogP contribution in [0.3, 0.4) is 0 Å². The lowest BCUT2D eigenvalue weighted by atomic mass is 9.49. The van der Waals surface area contributed by atoms with Crippen LogP contribution in [0.1, 0.15) is 65.7 Å². The average Bonchev–Trinajstić information content (AvgIpc) is 2.57. The zero-order chi connectivity index (χ0) is 18.7. The van der Waals surface area contributed by atoms with Gasteiger partial charge in [0.2, 0.25) is 11.8 Å². The fourth-order valence-corrected chi connectivity index (χ4v) is 5.86. The number of carbonyl (C=O) groups is 2. The van der Waals surface area contributed by atoms with Crippen LogP contribution in [0.25, 0.3) is 0 Å². The molecule has 26 heavy (non-hydrogen) atoms. The first-order valence-electron chi connectivity index (χ1n) is 10.6. The molecule has 2 amide bonds. The summed E-state index contributed by atoms with van der Waals surface area (Å²) < 4.78 is 5.30. The summed E-state index contributed by atoms with van der Waals surface area (Å²) in [4.78, 5) is 25.8. The van der Waals surface area contributed by atoms with Crippen LogP contribution in [0.4, 0.5) is 0 Å². The van der Waals surface area contributed by atoms with Crippen molar-refractivity contribution in [2.45, 2.75) is 71.8 Å². The van der Waals surface area contributed by atoms with Crippen LogP contribution < -0.4 is 10.6 Å². The molecule has 5 heteroatoms. The van der Waals surface area contributed by atoms with E-state index in [2.05, 4.69) is 10.6 Å². The van der Waals surface area contributed by atoms with Crippen molar-refractivity contribution in [3.8, 4) is 0 Å². The average molecular weight is 365 g/mol. The zero-order valence-electron chi connectivity index (χ0n) is 16.7. The largest absolute Gasteiger partial charge is 0.382 e. The van der Waals surface area contributed by atoms with Gasteiger partial charge in [0.25, 0.3) is 0 Å². The summed E-state index contributed by atoms with van der Waals surface area (Å²) in [5.41, 5.74) is -0.197. The SMILES string of the molecule is CCOCCCNC(=O)[C@@H](NC(=O)C12CC3CC(CC(C3)C1)C2)C(C)C. The number of nitrogens with one attached hydrogen (secondary N) is 2. The molecule has 0 heterocycles. The van der Waals surface area contributed by atoms with Gasteiger partial charge in [-0.05, 0) is 75.5 Å². The predicted molar refractivity (Wildman–Crippen MR) is 101 cm³/mol. The molecule has 4 bridgehead atoms. The summed E-state index contributed by atoms with van der Waals surface area (Å²) in [6, 6.07) is -0.442. The Bertz CT molecular complexity index is 482. The fourth-order valence-electron chi connectivity index (χ4n) is 5.86. The minimum absolute atomic E-state index is 0.0606. The highest BCUT2D eigenvalue weighted by Crippen LogP contribution is 2.60. The van der Waals surface area contributed by atoms with Crippen molar-refractivity contribution in [3.05, 3.63) is 0 Å². The molecular weight excluding hydrogens is 328 g/mol.